The third-order valence-corrected chi connectivity index (χ3v) is 5.85. The monoisotopic (exact) mass is 307 g/mol. The molecule has 0 aromatic carbocycles. The molecule has 1 aliphatic heterocycles. The van der Waals surface area contributed by atoms with Crippen LogP contribution in [0.1, 0.15) is 40.1 Å². The van der Waals surface area contributed by atoms with Crippen LogP contribution >= 0.6 is 11.3 Å². The van der Waals surface area contributed by atoms with E-state index in [1.165, 1.54) is 12.8 Å². The summed E-state index contributed by atoms with van der Waals surface area (Å²) in [4.78, 5) is 22.6. The molecule has 2 aliphatic rings. The highest BCUT2D eigenvalue weighted by atomic mass is 32.1. The highest BCUT2D eigenvalue weighted by Gasteiger charge is 2.45. The van der Waals surface area contributed by atoms with E-state index in [0.717, 1.165) is 41.0 Å². The van der Waals surface area contributed by atoms with Gasteiger partial charge in [0, 0.05) is 19.1 Å². The molecule has 2 atom stereocenters. The molecule has 0 unspecified atom stereocenters. The maximum Gasteiger partial charge on any atom is 0.265 e. The first-order valence-corrected chi connectivity index (χ1v) is 8.75. The van der Waals surface area contributed by atoms with Crippen LogP contribution < -0.4 is 0 Å². The second-order valence-electron chi connectivity index (χ2n) is 6.60. The van der Waals surface area contributed by atoms with Crippen molar-refractivity contribution in [2.75, 3.05) is 27.2 Å². The SMILES string of the molecule is CCc1nc(C)sc1C(=O)N1C[C@@H](N(C)C)[C@H](C2CC2)C1. The topological polar surface area (TPSA) is 36.4 Å². The van der Waals surface area contributed by atoms with E-state index in [9.17, 15) is 4.79 Å². The molecule has 3 rings (SSSR count). The second-order valence-corrected chi connectivity index (χ2v) is 7.81. The Morgan fingerprint density at radius 3 is 2.67 bits per heavy atom. The van der Waals surface area contributed by atoms with Gasteiger partial charge in [-0.25, -0.2) is 4.98 Å². The van der Waals surface area contributed by atoms with Gasteiger partial charge in [-0.2, -0.15) is 0 Å². The minimum Gasteiger partial charge on any atom is -0.336 e. The fraction of sp³-hybridized carbons (Fsp3) is 0.750. The van der Waals surface area contributed by atoms with Crippen LogP contribution in [0.25, 0.3) is 0 Å². The lowest BCUT2D eigenvalue weighted by Crippen LogP contribution is -2.36. The average Bonchev–Trinajstić information content (AvgIpc) is 3.07. The van der Waals surface area contributed by atoms with E-state index in [-0.39, 0.29) is 5.91 Å². The number of thiazole rings is 1. The highest BCUT2D eigenvalue weighted by Crippen LogP contribution is 2.43. The van der Waals surface area contributed by atoms with E-state index < -0.39 is 0 Å². The Hall–Kier alpha value is -0.940. The standard InChI is InChI=1S/C16H25N3OS/c1-5-13-15(21-10(2)17-13)16(20)19-8-12(11-6-7-11)14(9-19)18(3)4/h11-12,14H,5-9H2,1-4H3/t12-,14+/m0/s1. The Morgan fingerprint density at radius 2 is 2.10 bits per heavy atom. The first-order chi connectivity index (χ1) is 10.0. The molecule has 0 bridgehead atoms. The van der Waals surface area contributed by atoms with E-state index in [1.54, 1.807) is 11.3 Å². The average molecular weight is 307 g/mol. The van der Waals surface area contributed by atoms with Gasteiger partial charge < -0.3 is 9.80 Å². The van der Waals surface area contributed by atoms with E-state index >= 15 is 0 Å². The Morgan fingerprint density at radius 1 is 1.38 bits per heavy atom. The third-order valence-electron chi connectivity index (χ3n) is 4.84. The molecule has 2 heterocycles. The molecule has 2 fully saturated rings. The zero-order chi connectivity index (χ0) is 15.1. The molecule has 1 aromatic rings. The molecule has 116 valence electrons. The first kappa shape index (κ1) is 15.0. The van der Waals surface area contributed by atoms with E-state index in [1.807, 2.05) is 6.92 Å². The molecular formula is C16H25N3OS. The number of likely N-dealkylation sites (tertiary alicyclic amines) is 1. The number of nitrogens with zero attached hydrogens (tertiary/aromatic N) is 3. The minimum absolute atomic E-state index is 0.201. The molecule has 0 spiro atoms. The van der Waals surface area contributed by atoms with Crippen molar-refractivity contribution in [3.8, 4) is 0 Å². The van der Waals surface area contributed by atoms with Crippen LogP contribution in [-0.4, -0.2) is 53.9 Å². The molecule has 21 heavy (non-hydrogen) atoms. The Bertz CT molecular complexity index is 526. The molecule has 4 nitrogen and oxygen atoms in total. The van der Waals surface area contributed by atoms with Gasteiger partial charge in [0.05, 0.1) is 10.7 Å². The summed E-state index contributed by atoms with van der Waals surface area (Å²) >= 11 is 1.55. The van der Waals surface area contributed by atoms with Crippen LogP contribution in [0.3, 0.4) is 0 Å². The lowest BCUT2D eigenvalue weighted by Gasteiger charge is -2.24. The van der Waals surface area contributed by atoms with Gasteiger partial charge in [-0.1, -0.05) is 6.92 Å². The van der Waals surface area contributed by atoms with Crippen molar-refractivity contribution >= 4 is 17.2 Å². The van der Waals surface area contributed by atoms with Crippen LogP contribution in [0.5, 0.6) is 0 Å². The zero-order valence-corrected chi connectivity index (χ0v) is 14.2. The van der Waals surface area contributed by atoms with Crippen LogP contribution in [0.15, 0.2) is 0 Å². The summed E-state index contributed by atoms with van der Waals surface area (Å²) in [6.45, 7) is 5.85. The first-order valence-electron chi connectivity index (χ1n) is 7.93. The largest absolute Gasteiger partial charge is 0.336 e. The second kappa shape index (κ2) is 5.69. The van der Waals surface area contributed by atoms with Gasteiger partial charge in [0.15, 0.2) is 0 Å². The number of aryl methyl sites for hydroxylation is 2. The Balaban J connectivity index is 1.79. The van der Waals surface area contributed by atoms with E-state index in [2.05, 4.69) is 35.8 Å². The summed E-state index contributed by atoms with van der Waals surface area (Å²) in [5.74, 6) is 1.69. The summed E-state index contributed by atoms with van der Waals surface area (Å²) in [6, 6.07) is 0.514. The van der Waals surface area contributed by atoms with Crippen molar-refractivity contribution in [2.45, 2.75) is 39.2 Å². The summed E-state index contributed by atoms with van der Waals surface area (Å²) in [5.41, 5.74) is 0.971. The third kappa shape index (κ3) is 2.86. The van der Waals surface area contributed by atoms with E-state index in [0.29, 0.717) is 12.0 Å². The summed E-state index contributed by atoms with van der Waals surface area (Å²) in [6.07, 6.45) is 3.52. The maximum atomic E-state index is 12.9. The number of amides is 1. The fourth-order valence-electron chi connectivity index (χ4n) is 3.53. The number of hydrogen-bond donors (Lipinski definition) is 0. The molecule has 0 N–H and O–H groups in total. The number of carbonyl (C=O) groups excluding carboxylic acids is 1. The predicted octanol–water partition coefficient (Wildman–Crippen LogP) is 2.43. The van der Waals surface area contributed by atoms with Gasteiger partial charge in [-0.15, -0.1) is 11.3 Å². The number of rotatable bonds is 4. The Labute approximate surface area is 131 Å². The van der Waals surface area contributed by atoms with Crippen LogP contribution in [0, 0.1) is 18.8 Å². The van der Waals surface area contributed by atoms with Gasteiger partial charge in [-0.3, -0.25) is 4.79 Å². The molecule has 5 heteroatoms. The molecule has 1 saturated carbocycles. The smallest absolute Gasteiger partial charge is 0.265 e. The Kier molecular flexibility index (Phi) is 4.06. The highest BCUT2D eigenvalue weighted by molar-refractivity contribution is 7.13. The van der Waals surface area contributed by atoms with Crippen molar-refractivity contribution in [1.29, 1.82) is 0 Å². The van der Waals surface area contributed by atoms with Gasteiger partial charge >= 0.3 is 0 Å². The number of carbonyl (C=O) groups is 1. The van der Waals surface area contributed by atoms with E-state index in [4.69, 9.17) is 0 Å². The number of likely N-dealkylation sites (N-methyl/N-ethyl adjacent to an activating group) is 1. The van der Waals surface area contributed by atoms with Crippen molar-refractivity contribution in [1.82, 2.24) is 14.8 Å². The molecular weight excluding hydrogens is 282 g/mol. The lowest BCUT2D eigenvalue weighted by molar-refractivity contribution is 0.0784. The summed E-state index contributed by atoms with van der Waals surface area (Å²) in [7, 11) is 4.28. The van der Waals surface area contributed by atoms with Gasteiger partial charge in [0.1, 0.15) is 4.88 Å². The minimum atomic E-state index is 0.201. The normalized spacial score (nSPS) is 25.9. The fourth-order valence-corrected chi connectivity index (χ4v) is 4.51. The van der Waals surface area contributed by atoms with Crippen molar-refractivity contribution in [3.05, 3.63) is 15.6 Å². The molecule has 0 radical (unpaired) electrons. The quantitative estimate of drug-likeness (QED) is 0.857. The van der Waals surface area contributed by atoms with Crippen LogP contribution in [-0.2, 0) is 6.42 Å². The lowest BCUT2D eigenvalue weighted by atomic mass is 9.97. The zero-order valence-electron chi connectivity index (χ0n) is 13.4. The van der Waals surface area contributed by atoms with Crippen molar-refractivity contribution < 1.29 is 4.79 Å². The summed E-state index contributed by atoms with van der Waals surface area (Å²) in [5, 5.41) is 0.997. The number of hydrogen-bond acceptors (Lipinski definition) is 4. The molecule has 1 aliphatic carbocycles. The molecule has 1 saturated heterocycles. The van der Waals surface area contributed by atoms with Crippen LogP contribution in [0.2, 0.25) is 0 Å². The molecule has 1 aromatic heterocycles. The van der Waals surface area contributed by atoms with Gasteiger partial charge in [0.2, 0.25) is 0 Å². The number of aromatic nitrogens is 1. The maximum absolute atomic E-state index is 12.9. The van der Waals surface area contributed by atoms with Gasteiger partial charge in [0.25, 0.3) is 5.91 Å². The van der Waals surface area contributed by atoms with Crippen molar-refractivity contribution in [3.63, 3.8) is 0 Å². The van der Waals surface area contributed by atoms with Crippen LogP contribution in [0.4, 0.5) is 0 Å². The van der Waals surface area contributed by atoms with Crippen molar-refractivity contribution in [2.24, 2.45) is 11.8 Å². The predicted molar refractivity (Wildman–Crippen MR) is 85.8 cm³/mol. The van der Waals surface area contributed by atoms with Gasteiger partial charge in [-0.05, 0) is 52.1 Å². The summed E-state index contributed by atoms with van der Waals surface area (Å²) < 4.78 is 0. The molecule has 1 amide bonds.